The molecule has 31 heavy (non-hydrogen) atoms. The van der Waals surface area contributed by atoms with Crippen LogP contribution < -0.4 is 0 Å². The van der Waals surface area contributed by atoms with Crippen LogP contribution in [-0.4, -0.2) is 42.4 Å². The molecule has 2 heterocycles. The average Bonchev–Trinajstić information content (AvgIpc) is 3.05. The number of alkyl halides is 3. The topological polar surface area (TPSA) is 23.6 Å². The van der Waals surface area contributed by atoms with Crippen molar-refractivity contribution in [2.75, 3.05) is 26.7 Å². The zero-order valence-electron chi connectivity index (χ0n) is 17.7. The highest BCUT2D eigenvalue weighted by Crippen LogP contribution is 2.50. The van der Waals surface area contributed by atoms with E-state index in [9.17, 15) is 18.0 Å². The fourth-order valence-electron chi connectivity index (χ4n) is 5.59. The highest BCUT2D eigenvalue weighted by Gasteiger charge is 2.42. The van der Waals surface area contributed by atoms with Gasteiger partial charge in [-0.3, -0.25) is 4.79 Å². The molecular formula is C25H27F3N2O. The molecule has 0 spiro atoms. The first-order valence-electron chi connectivity index (χ1n) is 11.1. The number of nitrogens with zero attached hydrogens (tertiary/aromatic N) is 2. The number of halogens is 3. The molecule has 0 saturated carbocycles. The largest absolute Gasteiger partial charge is 0.416 e. The first-order chi connectivity index (χ1) is 14.8. The van der Waals surface area contributed by atoms with Gasteiger partial charge in [-0.25, -0.2) is 0 Å². The minimum absolute atomic E-state index is 0.0478. The van der Waals surface area contributed by atoms with Gasteiger partial charge in [0.15, 0.2) is 0 Å². The van der Waals surface area contributed by atoms with Gasteiger partial charge in [0.05, 0.1) is 11.6 Å². The quantitative estimate of drug-likeness (QED) is 0.633. The Morgan fingerprint density at radius 1 is 0.935 bits per heavy atom. The maximum atomic E-state index is 13.3. The van der Waals surface area contributed by atoms with Gasteiger partial charge < -0.3 is 9.80 Å². The number of carbonyl (C=O) groups excluding carboxylic acids is 1. The first kappa shape index (κ1) is 20.6. The number of rotatable bonds is 2. The van der Waals surface area contributed by atoms with Gasteiger partial charge in [-0.2, -0.15) is 13.2 Å². The van der Waals surface area contributed by atoms with E-state index < -0.39 is 11.7 Å². The van der Waals surface area contributed by atoms with Crippen molar-refractivity contribution in [3.63, 3.8) is 0 Å². The van der Waals surface area contributed by atoms with Gasteiger partial charge in [0.1, 0.15) is 0 Å². The van der Waals surface area contributed by atoms with Crippen LogP contribution in [0, 0.1) is 5.92 Å². The maximum Gasteiger partial charge on any atom is 0.416 e. The van der Waals surface area contributed by atoms with E-state index >= 15 is 0 Å². The summed E-state index contributed by atoms with van der Waals surface area (Å²) in [6.07, 6.45) is -0.663. The van der Waals surface area contributed by atoms with E-state index in [-0.39, 0.29) is 17.9 Å². The van der Waals surface area contributed by atoms with E-state index in [2.05, 4.69) is 22.9 Å². The summed E-state index contributed by atoms with van der Waals surface area (Å²) in [5.74, 6) is 0.787. The fraction of sp³-hybridized carbons (Fsp3) is 0.480. The van der Waals surface area contributed by atoms with Crippen LogP contribution in [0.1, 0.15) is 54.3 Å². The Morgan fingerprint density at radius 3 is 2.42 bits per heavy atom. The molecule has 2 saturated heterocycles. The highest BCUT2D eigenvalue weighted by atomic mass is 19.4. The van der Waals surface area contributed by atoms with Crippen LogP contribution in [0.3, 0.4) is 0 Å². The van der Waals surface area contributed by atoms with Crippen molar-refractivity contribution in [3.8, 4) is 11.1 Å². The maximum absolute atomic E-state index is 13.3. The van der Waals surface area contributed by atoms with Gasteiger partial charge in [-0.15, -0.1) is 0 Å². The zero-order chi connectivity index (χ0) is 21.8. The second-order valence-corrected chi connectivity index (χ2v) is 9.27. The third kappa shape index (κ3) is 3.75. The van der Waals surface area contributed by atoms with Crippen molar-refractivity contribution in [2.45, 2.75) is 43.8 Å². The summed E-state index contributed by atoms with van der Waals surface area (Å²) < 4.78 is 39.5. The van der Waals surface area contributed by atoms with Crippen LogP contribution in [0.5, 0.6) is 0 Å². The third-order valence-electron chi connectivity index (χ3n) is 7.36. The number of fused-ring (bicyclic) bond motifs is 5. The molecule has 2 atom stereocenters. The second-order valence-electron chi connectivity index (χ2n) is 9.27. The molecule has 164 valence electrons. The van der Waals surface area contributed by atoms with Crippen molar-refractivity contribution in [1.29, 1.82) is 0 Å². The zero-order valence-corrected chi connectivity index (χ0v) is 17.7. The lowest BCUT2D eigenvalue weighted by Gasteiger charge is -2.38. The lowest BCUT2D eigenvalue weighted by atomic mass is 9.91. The normalized spacial score (nSPS) is 24.3. The number of piperidine rings is 2. The number of benzene rings is 2. The summed E-state index contributed by atoms with van der Waals surface area (Å²) in [5.41, 5.74) is 3.10. The number of likely N-dealkylation sites (tertiary alicyclic amines) is 2. The third-order valence-corrected chi connectivity index (χ3v) is 7.36. The molecule has 0 aromatic heterocycles. The molecule has 2 bridgehead atoms. The molecule has 5 rings (SSSR count). The summed E-state index contributed by atoms with van der Waals surface area (Å²) >= 11 is 0. The molecule has 0 radical (unpaired) electrons. The molecule has 2 unspecified atom stereocenters. The SMILES string of the molecule is CN1CCC(C(=O)N2CCC3CC2c2cc(-c4cccc(C(F)(F)F)c4)ccc23)CC1. The second kappa shape index (κ2) is 7.66. The molecule has 0 N–H and O–H groups in total. The van der Waals surface area contributed by atoms with Crippen LogP contribution in [0.4, 0.5) is 13.2 Å². The summed E-state index contributed by atoms with van der Waals surface area (Å²) in [6, 6.07) is 11.6. The van der Waals surface area contributed by atoms with Gasteiger partial charge in [0.2, 0.25) is 5.91 Å². The predicted molar refractivity (Wildman–Crippen MR) is 114 cm³/mol. The van der Waals surface area contributed by atoms with Crippen LogP contribution in [0.2, 0.25) is 0 Å². The van der Waals surface area contributed by atoms with Crippen molar-refractivity contribution in [3.05, 3.63) is 59.2 Å². The van der Waals surface area contributed by atoms with Gasteiger partial charge >= 0.3 is 6.18 Å². The molecule has 1 aliphatic carbocycles. The van der Waals surface area contributed by atoms with E-state index in [1.54, 1.807) is 6.07 Å². The summed E-state index contributed by atoms with van der Waals surface area (Å²) in [7, 11) is 2.09. The van der Waals surface area contributed by atoms with Gasteiger partial charge in [0.25, 0.3) is 0 Å². The van der Waals surface area contributed by atoms with Crippen LogP contribution in [0.15, 0.2) is 42.5 Å². The van der Waals surface area contributed by atoms with Crippen LogP contribution in [0.25, 0.3) is 11.1 Å². The number of hydrogen-bond acceptors (Lipinski definition) is 2. The van der Waals surface area contributed by atoms with Crippen LogP contribution >= 0.6 is 0 Å². The molecule has 6 heteroatoms. The average molecular weight is 428 g/mol. The number of carbonyl (C=O) groups is 1. The summed E-state index contributed by atoms with van der Waals surface area (Å²) in [6.45, 7) is 2.68. The van der Waals surface area contributed by atoms with Crippen molar-refractivity contribution in [1.82, 2.24) is 9.80 Å². The summed E-state index contributed by atoms with van der Waals surface area (Å²) in [4.78, 5) is 17.7. The Morgan fingerprint density at radius 2 is 1.68 bits per heavy atom. The molecule has 2 aromatic carbocycles. The monoisotopic (exact) mass is 428 g/mol. The predicted octanol–water partition coefficient (Wildman–Crippen LogP) is 5.47. The number of amides is 1. The lowest BCUT2D eigenvalue weighted by Crippen LogP contribution is -2.44. The molecule has 2 aromatic rings. The first-order valence-corrected chi connectivity index (χ1v) is 11.1. The van der Waals surface area contributed by atoms with E-state index in [1.165, 1.54) is 17.7 Å². The lowest BCUT2D eigenvalue weighted by molar-refractivity contribution is -0.141. The van der Waals surface area contributed by atoms with E-state index in [0.29, 0.717) is 11.5 Å². The van der Waals surface area contributed by atoms with Gasteiger partial charge in [-0.05, 0) is 92.2 Å². The Bertz CT molecular complexity index is 995. The van der Waals surface area contributed by atoms with Crippen molar-refractivity contribution < 1.29 is 18.0 Å². The Hall–Kier alpha value is -2.34. The molecule has 2 aliphatic heterocycles. The Balaban J connectivity index is 1.44. The molecular weight excluding hydrogens is 401 g/mol. The highest BCUT2D eigenvalue weighted by molar-refractivity contribution is 5.80. The van der Waals surface area contributed by atoms with Gasteiger partial charge in [0, 0.05) is 12.5 Å². The number of hydrogen-bond donors (Lipinski definition) is 0. The Kier molecular flexibility index (Phi) is 5.08. The minimum Gasteiger partial charge on any atom is -0.335 e. The molecule has 3 nitrogen and oxygen atoms in total. The Labute approximate surface area is 180 Å². The van der Waals surface area contributed by atoms with E-state index in [4.69, 9.17) is 0 Å². The van der Waals surface area contributed by atoms with E-state index in [1.807, 2.05) is 12.1 Å². The molecule has 3 aliphatic rings. The van der Waals surface area contributed by atoms with Crippen LogP contribution in [-0.2, 0) is 11.0 Å². The standard InChI is InChI=1S/C25H27F3N2O/c1-29-10-7-16(8-11-29)24(31)30-12-9-19-15-23(30)22-14-18(5-6-21(19)22)17-3-2-4-20(13-17)25(26,27)28/h2-6,13-14,16,19,23H,7-12,15H2,1H3. The van der Waals surface area contributed by atoms with E-state index in [0.717, 1.165) is 62.5 Å². The fourth-order valence-corrected chi connectivity index (χ4v) is 5.59. The summed E-state index contributed by atoms with van der Waals surface area (Å²) in [5, 5.41) is 0. The smallest absolute Gasteiger partial charge is 0.335 e. The van der Waals surface area contributed by atoms with Gasteiger partial charge in [-0.1, -0.05) is 24.3 Å². The van der Waals surface area contributed by atoms with Crippen molar-refractivity contribution >= 4 is 5.91 Å². The molecule has 1 amide bonds. The minimum atomic E-state index is -4.36. The molecule has 2 fully saturated rings. The van der Waals surface area contributed by atoms with Crippen molar-refractivity contribution in [2.24, 2.45) is 5.92 Å².